The summed E-state index contributed by atoms with van der Waals surface area (Å²) in [5, 5.41) is 11.4. The quantitative estimate of drug-likeness (QED) is 0.528. The van der Waals surface area contributed by atoms with Crippen LogP contribution in [0.2, 0.25) is 0 Å². The van der Waals surface area contributed by atoms with Crippen LogP contribution in [0.15, 0.2) is 36.4 Å². The number of amides is 1. The van der Waals surface area contributed by atoms with E-state index < -0.39 is 0 Å². The van der Waals surface area contributed by atoms with Gasteiger partial charge in [-0.25, -0.2) is 4.98 Å². The van der Waals surface area contributed by atoms with Gasteiger partial charge in [0.05, 0.1) is 22.5 Å². The van der Waals surface area contributed by atoms with E-state index >= 15 is 0 Å². The maximum Gasteiger partial charge on any atom is 0.231 e. The second-order valence-corrected chi connectivity index (χ2v) is 6.11. The van der Waals surface area contributed by atoms with Gasteiger partial charge in [-0.1, -0.05) is 25.1 Å². The van der Waals surface area contributed by atoms with E-state index in [9.17, 15) is 4.79 Å². The first-order valence-corrected chi connectivity index (χ1v) is 8.02. The van der Waals surface area contributed by atoms with Crippen molar-refractivity contribution in [2.45, 2.75) is 19.3 Å². The number of imidazole rings is 1. The third-order valence-corrected chi connectivity index (χ3v) is 4.71. The largest absolute Gasteiger partial charge is 0.337 e. The molecule has 0 saturated heterocycles. The Morgan fingerprint density at radius 2 is 2.04 bits per heavy atom. The molecule has 0 bridgehead atoms. The zero-order chi connectivity index (χ0) is 16.3. The Morgan fingerprint density at radius 3 is 2.92 bits per heavy atom. The molecular formula is C18H15N5O. The number of nitrogens with zero attached hydrogens (tertiary/aromatic N) is 2. The lowest BCUT2D eigenvalue weighted by Crippen LogP contribution is -2.10. The van der Waals surface area contributed by atoms with Gasteiger partial charge in [-0.15, -0.1) is 0 Å². The number of fused-ring (bicyclic) bond motifs is 3. The van der Waals surface area contributed by atoms with Crippen LogP contribution in [0.5, 0.6) is 0 Å². The molecular weight excluding hydrogens is 302 g/mol. The van der Waals surface area contributed by atoms with Crippen LogP contribution < -0.4 is 5.32 Å². The molecule has 2 aromatic heterocycles. The van der Waals surface area contributed by atoms with E-state index in [2.05, 4.69) is 20.5 Å². The molecule has 24 heavy (non-hydrogen) atoms. The number of para-hydroxylation sites is 1. The van der Waals surface area contributed by atoms with Gasteiger partial charge in [-0.05, 0) is 30.2 Å². The zero-order valence-corrected chi connectivity index (χ0v) is 13.1. The van der Waals surface area contributed by atoms with Crippen LogP contribution in [0.3, 0.4) is 0 Å². The SMILES string of the molecule is CCC1C(=O)Nc2cc3[nH]c(-c4n[nH]c5ccccc45)nc3cc21. The lowest BCUT2D eigenvalue weighted by Gasteiger charge is -2.03. The van der Waals surface area contributed by atoms with Gasteiger partial charge in [0.2, 0.25) is 5.91 Å². The molecule has 1 unspecified atom stereocenters. The van der Waals surface area contributed by atoms with Gasteiger partial charge in [-0.2, -0.15) is 5.10 Å². The van der Waals surface area contributed by atoms with Crippen molar-refractivity contribution in [3.05, 3.63) is 42.0 Å². The summed E-state index contributed by atoms with van der Waals surface area (Å²) in [6, 6.07) is 11.9. The molecule has 6 heteroatoms. The monoisotopic (exact) mass is 317 g/mol. The first-order valence-electron chi connectivity index (χ1n) is 8.02. The summed E-state index contributed by atoms with van der Waals surface area (Å²) < 4.78 is 0. The molecule has 1 aliphatic heterocycles. The zero-order valence-electron chi connectivity index (χ0n) is 13.1. The molecule has 1 aliphatic rings. The Morgan fingerprint density at radius 1 is 1.17 bits per heavy atom. The highest BCUT2D eigenvalue weighted by molar-refractivity contribution is 6.05. The number of H-pyrrole nitrogens is 2. The second-order valence-electron chi connectivity index (χ2n) is 6.11. The molecule has 3 N–H and O–H groups in total. The molecule has 4 aromatic rings. The number of benzene rings is 2. The van der Waals surface area contributed by atoms with Gasteiger partial charge in [0.15, 0.2) is 5.82 Å². The van der Waals surface area contributed by atoms with Gasteiger partial charge >= 0.3 is 0 Å². The van der Waals surface area contributed by atoms with E-state index in [0.717, 1.165) is 51.1 Å². The molecule has 6 nitrogen and oxygen atoms in total. The second kappa shape index (κ2) is 4.67. The number of hydrogen-bond donors (Lipinski definition) is 3. The smallest absolute Gasteiger partial charge is 0.231 e. The minimum Gasteiger partial charge on any atom is -0.337 e. The van der Waals surface area contributed by atoms with E-state index in [0.29, 0.717) is 0 Å². The summed E-state index contributed by atoms with van der Waals surface area (Å²) in [6.07, 6.45) is 0.783. The molecule has 0 aliphatic carbocycles. The lowest BCUT2D eigenvalue weighted by molar-refractivity contribution is -0.117. The number of aromatic amines is 2. The fraction of sp³-hybridized carbons (Fsp3) is 0.167. The molecule has 0 radical (unpaired) electrons. The number of aromatic nitrogens is 4. The van der Waals surface area contributed by atoms with Gasteiger partial charge < -0.3 is 10.3 Å². The Balaban J connectivity index is 1.69. The lowest BCUT2D eigenvalue weighted by atomic mass is 9.98. The van der Waals surface area contributed by atoms with Crippen LogP contribution in [-0.4, -0.2) is 26.1 Å². The average molecular weight is 317 g/mol. The predicted molar refractivity (Wildman–Crippen MR) is 92.8 cm³/mol. The minimum atomic E-state index is -0.0873. The normalized spacial score (nSPS) is 16.7. The fourth-order valence-corrected chi connectivity index (χ4v) is 3.49. The van der Waals surface area contributed by atoms with Crippen molar-refractivity contribution >= 4 is 33.5 Å². The summed E-state index contributed by atoms with van der Waals surface area (Å²) in [7, 11) is 0. The standard InChI is InChI=1S/C18H15N5O/c1-2-9-11-7-14-15(8-13(11)21-18(9)24)20-17(19-14)16-10-5-3-4-6-12(10)22-23-16/h3-9H,2H2,1H3,(H,19,20)(H,21,24)(H,22,23). The number of carbonyl (C=O) groups is 1. The molecule has 0 spiro atoms. The minimum absolute atomic E-state index is 0.0682. The molecule has 1 atom stereocenters. The van der Waals surface area contributed by atoms with Crippen molar-refractivity contribution in [3.63, 3.8) is 0 Å². The number of anilines is 1. The number of carbonyl (C=O) groups excluding carboxylic acids is 1. The molecule has 1 amide bonds. The van der Waals surface area contributed by atoms with Crippen molar-refractivity contribution in [1.82, 2.24) is 20.2 Å². The molecule has 2 aromatic carbocycles. The summed E-state index contributed by atoms with van der Waals surface area (Å²) in [5.41, 5.74) is 5.44. The molecule has 0 fully saturated rings. The Hall–Kier alpha value is -3.15. The first-order chi connectivity index (χ1) is 11.7. The van der Waals surface area contributed by atoms with E-state index in [1.54, 1.807) is 0 Å². The topological polar surface area (TPSA) is 86.5 Å². The molecule has 5 rings (SSSR count). The highest BCUT2D eigenvalue weighted by Gasteiger charge is 2.29. The fourth-order valence-electron chi connectivity index (χ4n) is 3.49. The van der Waals surface area contributed by atoms with Gasteiger partial charge in [-0.3, -0.25) is 9.89 Å². The summed E-state index contributed by atoms with van der Waals surface area (Å²) in [5.74, 6) is 0.708. The first kappa shape index (κ1) is 13.3. The van der Waals surface area contributed by atoms with Crippen LogP contribution in [0.1, 0.15) is 24.8 Å². The van der Waals surface area contributed by atoms with Crippen LogP contribution in [0.4, 0.5) is 5.69 Å². The maximum absolute atomic E-state index is 12.0. The van der Waals surface area contributed by atoms with Gasteiger partial charge in [0.1, 0.15) is 5.69 Å². The summed E-state index contributed by atoms with van der Waals surface area (Å²) in [6.45, 7) is 2.02. The Kier molecular flexibility index (Phi) is 2.59. The highest BCUT2D eigenvalue weighted by atomic mass is 16.2. The Bertz CT molecular complexity index is 1110. The predicted octanol–water partition coefficient (Wildman–Crippen LogP) is 3.55. The number of rotatable bonds is 2. The van der Waals surface area contributed by atoms with Crippen LogP contribution in [-0.2, 0) is 4.79 Å². The van der Waals surface area contributed by atoms with Crippen LogP contribution in [0.25, 0.3) is 33.5 Å². The van der Waals surface area contributed by atoms with Crippen molar-refractivity contribution in [3.8, 4) is 11.5 Å². The van der Waals surface area contributed by atoms with E-state index in [1.807, 2.05) is 43.3 Å². The summed E-state index contributed by atoms with van der Waals surface area (Å²) in [4.78, 5) is 20.0. The molecule has 3 heterocycles. The number of nitrogens with one attached hydrogen (secondary N) is 3. The van der Waals surface area contributed by atoms with E-state index in [4.69, 9.17) is 4.98 Å². The Labute approximate surface area is 137 Å². The van der Waals surface area contributed by atoms with E-state index in [1.165, 1.54) is 0 Å². The van der Waals surface area contributed by atoms with Gasteiger partial charge in [0.25, 0.3) is 0 Å². The average Bonchev–Trinajstić information content (AvgIpc) is 3.25. The third kappa shape index (κ3) is 1.73. The van der Waals surface area contributed by atoms with Crippen molar-refractivity contribution < 1.29 is 4.79 Å². The van der Waals surface area contributed by atoms with Crippen molar-refractivity contribution in [1.29, 1.82) is 0 Å². The summed E-state index contributed by atoms with van der Waals surface area (Å²) >= 11 is 0. The van der Waals surface area contributed by atoms with E-state index in [-0.39, 0.29) is 11.8 Å². The van der Waals surface area contributed by atoms with Crippen molar-refractivity contribution in [2.24, 2.45) is 0 Å². The van der Waals surface area contributed by atoms with Crippen LogP contribution >= 0.6 is 0 Å². The highest BCUT2D eigenvalue weighted by Crippen LogP contribution is 2.37. The van der Waals surface area contributed by atoms with Gasteiger partial charge in [0, 0.05) is 11.1 Å². The molecule has 0 saturated carbocycles. The maximum atomic E-state index is 12.0. The van der Waals surface area contributed by atoms with Crippen molar-refractivity contribution in [2.75, 3.05) is 5.32 Å². The number of hydrogen-bond acceptors (Lipinski definition) is 3. The molecule has 118 valence electrons. The van der Waals surface area contributed by atoms with Crippen LogP contribution in [0, 0.1) is 0 Å². The third-order valence-electron chi connectivity index (χ3n) is 4.71.